The van der Waals surface area contributed by atoms with Crippen molar-refractivity contribution in [2.45, 2.75) is 27.2 Å². The molecule has 3 rings (SSSR count). The monoisotopic (exact) mass is 399 g/mol. The second-order valence-corrected chi connectivity index (χ2v) is 7.03. The van der Waals surface area contributed by atoms with Crippen molar-refractivity contribution in [3.05, 3.63) is 82.7 Å². The first-order valence-electron chi connectivity index (χ1n) is 9.82. The molecule has 0 unspecified atom stereocenters. The lowest BCUT2D eigenvalue weighted by Crippen LogP contribution is -2.13. The van der Waals surface area contributed by atoms with Crippen LogP contribution in [-0.4, -0.2) is 17.6 Å². The van der Waals surface area contributed by atoms with Gasteiger partial charge in [-0.3, -0.25) is 4.79 Å². The molecule has 1 amide bonds. The van der Waals surface area contributed by atoms with Gasteiger partial charge in [0.25, 0.3) is 5.91 Å². The van der Waals surface area contributed by atoms with Gasteiger partial charge < -0.3 is 14.6 Å². The Morgan fingerprint density at radius 2 is 1.80 bits per heavy atom. The lowest BCUT2D eigenvalue weighted by Gasteiger charge is -2.10. The van der Waals surface area contributed by atoms with E-state index in [0.29, 0.717) is 11.4 Å². The first-order chi connectivity index (χ1) is 14.5. The molecule has 1 heterocycles. The van der Waals surface area contributed by atoms with Gasteiger partial charge in [0.05, 0.1) is 7.11 Å². The van der Waals surface area contributed by atoms with Gasteiger partial charge in [0.15, 0.2) is 0 Å². The van der Waals surface area contributed by atoms with Crippen LogP contribution in [0.3, 0.4) is 0 Å². The molecule has 0 aliphatic rings. The van der Waals surface area contributed by atoms with Gasteiger partial charge in [0, 0.05) is 22.8 Å². The summed E-state index contributed by atoms with van der Waals surface area (Å²) < 4.78 is 7.25. The summed E-state index contributed by atoms with van der Waals surface area (Å²) in [4.78, 5) is 12.6. The molecule has 0 bridgehead atoms. The summed E-state index contributed by atoms with van der Waals surface area (Å²) in [6.45, 7) is 6.13. The Balaban J connectivity index is 1.88. The van der Waals surface area contributed by atoms with E-state index in [0.717, 1.165) is 29.1 Å². The first kappa shape index (κ1) is 20.9. The van der Waals surface area contributed by atoms with Crippen molar-refractivity contribution < 1.29 is 9.53 Å². The third-order valence-corrected chi connectivity index (χ3v) is 5.09. The third kappa shape index (κ3) is 4.44. The number of hydrogen-bond donors (Lipinski definition) is 1. The molecule has 0 radical (unpaired) electrons. The minimum absolute atomic E-state index is 0.0485. The van der Waals surface area contributed by atoms with E-state index in [-0.39, 0.29) is 5.57 Å². The molecule has 2 aromatic carbocycles. The Kier molecular flexibility index (Phi) is 6.38. The van der Waals surface area contributed by atoms with Crippen LogP contribution in [0.2, 0.25) is 0 Å². The Morgan fingerprint density at radius 1 is 1.13 bits per heavy atom. The van der Waals surface area contributed by atoms with Crippen molar-refractivity contribution in [2.24, 2.45) is 0 Å². The molecule has 1 N–H and O–H groups in total. The molecule has 1 aromatic heterocycles. The maximum Gasteiger partial charge on any atom is 0.266 e. The highest BCUT2D eigenvalue weighted by Crippen LogP contribution is 2.24. The average Bonchev–Trinajstić information content (AvgIpc) is 3.05. The van der Waals surface area contributed by atoms with Crippen molar-refractivity contribution >= 4 is 17.7 Å². The van der Waals surface area contributed by atoms with Gasteiger partial charge in [-0.2, -0.15) is 5.26 Å². The highest BCUT2D eigenvalue weighted by Gasteiger charge is 2.14. The zero-order valence-corrected chi connectivity index (χ0v) is 17.7. The predicted octanol–water partition coefficient (Wildman–Crippen LogP) is 5.21. The molecule has 0 aliphatic carbocycles. The largest absolute Gasteiger partial charge is 0.497 e. The third-order valence-electron chi connectivity index (χ3n) is 5.09. The van der Waals surface area contributed by atoms with Gasteiger partial charge in [0.2, 0.25) is 0 Å². The summed E-state index contributed by atoms with van der Waals surface area (Å²) in [5.74, 6) is 0.253. The number of nitrogens with zero attached hydrogens (tertiary/aromatic N) is 2. The van der Waals surface area contributed by atoms with E-state index in [1.807, 2.05) is 26.0 Å². The van der Waals surface area contributed by atoms with E-state index in [9.17, 15) is 10.1 Å². The summed E-state index contributed by atoms with van der Waals surface area (Å²) >= 11 is 0. The number of aryl methyl sites for hydroxylation is 2. The molecule has 0 saturated heterocycles. The normalized spacial score (nSPS) is 11.1. The number of nitriles is 1. The van der Waals surface area contributed by atoms with E-state index < -0.39 is 5.91 Å². The fourth-order valence-electron chi connectivity index (χ4n) is 3.39. The highest BCUT2D eigenvalue weighted by atomic mass is 16.5. The number of hydrogen-bond acceptors (Lipinski definition) is 3. The van der Waals surface area contributed by atoms with Gasteiger partial charge >= 0.3 is 0 Å². The van der Waals surface area contributed by atoms with Gasteiger partial charge in [-0.25, -0.2) is 0 Å². The van der Waals surface area contributed by atoms with Gasteiger partial charge in [-0.15, -0.1) is 0 Å². The number of rotatable bonds is 6. The maximum atomic E-state index is 12.6. The van der Waals surface area contributed by atoms with Crippen molar-refractivity contribution in [3.63, 3.8) is 0 Å². The number of aromatic nitrogens is 1. The summed E-state index contributed by atoms with van der Waals surface area (Å²) in [5.41, 5.74) is 5.84. The average molecular weight is 399 g/mol. The SMILES string of the molecule is CCc1ccc(-n2c(C)cc(C=C(C#N)C(=O)Nc3ccc(OC)cc3)c2C)cc1. The molecule has 0 fully saturated rings. The zero-order chi connectivity index (χ0) is 21.7. The minimum Gasteiger partial charge on any atom is -0.497 e. The quantitative estimate of drug-likeness (QED) is 0.457. The van der Waals surface area contributed by atoms with E-state index in [1.54, 1.807) is 37.5 Å². The molecule has 0 atom stereocenters. The Bertz CT molecular complexity index is 1110. The zero-order valence-electron chi connectivity index (χ0n) is 17.7. The fraction of sp³-hybridized carbons (Fsp3) is 0.200. The second-order valence-electron chi connectivity index (χ2n) is 7.03. The van der Waals surface area contributed by atoms with Crippen LogP contribution in [0.1, 0.15) is 29.4 Å². The topological polar surface area (TPSA) is 67.0 Å². The van der Waals surface area contributed by atoms with Crippen molar-refractivity contribution in [1.82, 2.24) is 4.57 Å². The smallest absolute Gasteiger partial charge is 0.266 e. The van der Waals surface area contributed by atoms with E-state index in [2.05, 4.69) is 41.1 Å². The lowest BCUT2D eigenvalue weighted by atomic mass is 10.1. The summed E-state index contributed by atoms with van der Waals surface area (Å²) in [6, 6.07) is 19.4. The van der Waals surface area contributed by atoms with Crippen LogP contribution in [-0.2, 0) is 11.2 Å². The van der Waals surface area contributed by atoms with Crippen molar-refractivity contribution in [1.29, 1.82) is 5.26 Å². The standard InChI is InChI=1S/C25H25N3O2/c1-5-19-6-10-23(11-7-19)28-17(2)14-20(18(28)3)15-21(16-26)25(29)27-22-8-12-24(30-4)13-9-22/h6-15H,5H2,1-4H3,(H,27,29). The number of benzene rings is 2. The second kappa shape index (κ2) is 9.15. The van der Waals surface area contributed by atoms with Crippen LogP contribution in [0, 0.1) is 25.2 Å². The number of amides is 1. The molecular formula is C25H25N3O2. The maximum absolute atomic E-state index is 12.6. The van der Waals surface area contributed by atoms with Crippen molar-refractivity contribution in [3.8, 4) is 17.5 Å². The van der Waals surface area contributed by atoms with Crippen LogP contribution in [0.4, 0.5) is 5.69 Å². The molecule has 0 aliphatic heterocycles. The van der Waals surface area contributed by atoms with Crippen molar-refractivity contribution in [2.75, 3.05) is 12.4 Å². The number of carbonyl (C=O) groups is 1. The Labute approximate surface area is 177 Å². The lowest BCUT2D eigenvalue weighted by molar-refractivity contribution is -0.112. The molecule has 0 spiro atoms. The number of methoxy groups -OCH3 is 1. The Hall–Kier alpha value is -3.78. The highest BCUT2D eigenvalue weighted by molar-refractivity contribution is 6.09. The summed E-state index contributed by atoms with van der Waals surface area (Å²) in [5, 5.41) is 12.3. The van der Waals surface area contributed by atoms with E-state index in [4.69, 9.17) is 4.74 Å². The Morgan fingerprint density at radius 3 is 2.37 bits per heavy atom. The predicted molar refractivity (Wildman–Crippen MR) is 120 cm³/mol. The molecule has 152 valence electrons. The van der Waals surface area contributed by atoms with Gasteiger partial charge in [0.1, 0.15) is 17.4 Å². The fourth-order valence-corrected chi connectivity index (χ4v) is 3.39. The first-order valence-corrected chi connectivity index (χ1v) is 9.82. The van der Waals surface area contributed by atoms with E-state index >= 15 is 0 Å². The number of ether oxygens (including phenoxy) is 1. The molecule has 3 aromatic rings. The van der Waals surface area contributed by atoms with Crippen LogP contribution in [0.5, 0.6) is 5.75 Å². The number of carbonyl (C=O) groups excluding carboxylic acids is 1. The number of nitrogens with one attached hydrogen (secondary N) is 1. The van der Waals surface area contributed by atoms with Gasteiger partial charge in [-0.1, -0.05) is 19.1 Å². The molecule has 30 heavy (non-hydrogen) atoms. The molecule has 5 heteroatoms. The minimum atomic E-state index is -0.445. The molecular weight excluding hydrogens is 374 g/mol. The van der Waals surface area contributed by atoms with E-state index in [1.165, 1.54) is 5.56 Å². The number of anilines is 1. The van der Waals surface area contributed by atoms with Crippen LogP contribution >= 0.6 is 0 Å². The molecule has 0 saturated carbocycles. The summed E-state index contributed by atoms with van der Waals surface area (Å²) in [7, 11) is 1.58. The van der Waals surface area contributed by atoms with Crippen LogP contribution in [0.15, 0.2) is 60.2 Å². The van der Waals surface area contributed by atoms with Crippen LogP contribution < -0.4 is 10.1 Å². The molecule has 5 nitrogen and oxygen atoms in total. The van der Waals surface area contributed by atoms with Crippen LogP contribution in [0.25, 0.3) is 11.8 Å². The van der Waals surface area contributed by atoms with Gasteiger partial charge in [-0.05, 0) is 79.9 Å². The summed E-state index contributed by atoms with van der Waals surface area (Å²) in [6.07, 6.45) is 2.63.